The third-order valence-corrected chi connectivity index (χ3v) is 5.35. The maximum atomic E-state index is 12.6. The van der Waals surface area contributed by atoms with Gasteiger partial charge in [0.2, 0.25) is 0 Å². The van der Waals surface area contributed by atoms with Crippen molar-refractivity contribution >= 4 is 45.3 Å². The molecule has 0 unspecified atom stereocenters. The lowest BCUT2D eigenvalue weighted by Gasteiger charge is -2.13. The van der Waals surface area contributed by atoms with Crippen molar-refractivity contribution in [2.24, 2.45) is 0 Å². The number of nitriles is 1. The topological polar surface area (TPSA) is 141 Å². The van der Waals surface area contributed by atoms with Gasteiger partial charge in [-0.2, -0.15) is 5.26 Å². The quantitative estimate of drug-likeness (QED) is 0.101. The van der Waals surface area contributed by atoms with E-state index in [1.54, 1.807) is 30.3 Å². The van der Waals surface area contributed by atoms with Crippen molar-refractivity contribution in [3.8, 4) is 23.3 Å². The van der Waals surface area contributed by atoms with Gasteiger partial charge in [0.15, 0.2) is 11.5 Å². The molecule has 0 aliphatic carbocycles. The number of hydrogen-bond acceptors (Lipinski definition) is 8. The molecule has 3 aromatic rings. The van der Waals surface area contributed by atoms with Crippen molar-refractivity contribution in [1.29, 1.82) is 5.26 Å². The highest BCUT2D eigenvalue weighted by atomic mass is 79.9. The Bertz CT molecular complexity index is 1400. The molecule has 0 fully saturated rings. The first-order valence-corrected chi connectivity index (χ1v) is 11.0. The summed E-state index contributed by atoms with van der Waals surface area (Å²) in [6, 6.07) is 16.5. The van der Waals surface area contributed by atoms with Gasteiger partial charge < -0.3 is 19.5 Å². The summed E-state index contributed by atoms with van der Waals surface area (Å²) in [5.41, 5.74) is 0.379. The Morgan fingerprint density at radius 3 is 2.42 bits per heavy atom. The fourth-order valence-electron chi connectivity index (χ4n) is 3.01. The minimum atomic E-state index is -0.761. The zero-order chi connectivity index (χ0) is 26.2. The molecule has 3 aromatic carbocycles. The molecule has 0 saturated carbocycles. The molecule has 0 heterocycles. The van der Waals surface area contributed by atoms with E-state index < -0.39 is 16.8 Å². The molecule has 1 amide bonds. The number of hydrogen-bond donors (Lipinski definition) is 1. The molecule has 0 radical (unpaired) electrons. The fraction of sp³-hybridized carbons (Fsp3) is 0.0800. The van der Waals surface area contributed by atoms with E-state index >= 15 is 0 Å². The van der Waals surface area contributed by atoms with Crippen LogP contribution in [-0.4, -0.2) is 31.0 Å². The number of anilines is 1. The van der Waals surface area contributed by atoms with Gasteiger partial charge in [0.25, 0.3) is 11.6 Å². The summed E-state index contributed by atoms with van der Waals surface area (Å²) in [6.45, 7) is 0. The molecule has 0 aliphatic heterocycles. The number of carbonyl (C=O) groups excluding carboxylic acids is 2. The van der Waals surface area contributed by atoms with Crippen LogP contribution >= 0.6 is 15.9 Å². The summed E-state index contributed by atoms with van der Waals surface area (Å²) >= 11 is 3.33. The number of rotatable bonds is 8. The molecule has 36 heavy (non-hydrogen) atoms. The molecule has 182 valence electrons. The van der Waals surface area contributed by atoms with Crippen LogP contribution < -0.4 is 19.5 Å². The number of carbonyl (C=O) groups is 2. The molecule has 3 rings (SSSR count). The van der Waals surface area contributed by atoms with Crippen LogP contribution in [0.2, 0.25) is 0 Å². The van der Waals surface area contributed by atoms with Gasteiger partial charge in [0.05, 0.1) is 29.2 Å². The molecule has 0 atom stereocenters. The second kappa shape index (κ2) is 11.6. The molecule has 0 spiro atoms. The first kappa shape index (κ1) is 25.9. The van der Waals surface area contributed by atoms with Crippen molar-refractivity contribution in [3.05, 3.63) is 92.0 Å². The predicted octanol–water partition coefficient (Wildman–Crippen LogP) is 5.14. The van der Waals surface area contributed by atoms with E-state index in [-0.39, 0.29) is 28.4 Å². The Balaban J connectivity index is 1.84. The highest BCUT2D eigenvalue weighted by Crippen LogP contribution is 2.38. The third-order valence-electron chi connectivity index (χ3n) is 4.76. The maximum absolute atomic E-state index is 12.6. The van der Waals surface area contributed by atoms with Gasteiger partial charge in [-0.25, -0.2) is 4.79 Å². The molecule has 0 saturated heterocycles. The van der Waals surface area contributed by atoms with Gasteiger partial charge in [-0.05, 0) is 70.0 Å². The largest absolute Gasteiger partial charge is 0.497 e. The Morgan fingerprint density at radius 1 is 1.08 bits per heavy atom. The number of nitrogens with zero attached hydrogens (tertiary/aromatic N) is 2. The molecular formula is C25H18BrN3O7. The van der Waals surface area contributed by atoms with Crippen molar-refractivity contribution in [2.45, 2.75) is 0 Å². The second-order valence-electron chi connectivity index (χ2n) is 7.08. The lowest BCUT2D eigenvalue weighted by atomic mass is 10.1. The van der Waals surface area contributed by atoms with E-state index in [9.17, 15) is 25.0 Å². The Hall–Kier alpha value is -4.69. The van der Waals surface area contributed by atoms with Crippen LogP contribution in [0.5, 0.6) is 17.2 Å². The lowest BCUT2D eigenvalue weighted by Crippen LogP contribution is -2.13. The SMILES string of the molecule is COc1ccc(C(=O)Oc2c(Br)cc(/C=C(\C#N)C(=O)Nc3cccc([N+](=O)[O-])c3)cc2OC)cc1. The average Bonchev–Trinajstić information content (AvgIpc) is 2.88. The smallest absolute Gasteiger partial charge is 0.343 e. The van der Waals surface area contributed by atoms with Gasteiger partial charge in [0, 0.05) is 17.8 Å². The highest BCUT2D eigenvalue weighted by Gasteiger charge is 2.18. The number of non-ortho nitro benzene ring substituents is 1. The zero-order valence-corrected chi connectivity index (χ0v) is 20.6. The minimum absolute atomic E-state index is 0.107. The number of amides is 1. The monoisotopic (exact) mass is 551 g/mol. The van der Waals surface area contributed by atoms with Crippen LogP contribution in [0.15, 0.2) is 70.7 Å². The molecular weight excluding hydrogens is 534 g/mol. The van der Waals surface area contributed by atoms with E-state index in [0.29, 0.717) is 21.3 Å². The van der Waals surface area contributed by atoms with Gasteiger partial charge in [-0.1, -0.05) is 6.07 Å². The number of nitro groups is 1. The number of esters is 1. The number of methoxy groups -OCH3 is 2. The normalized spacial score (nSPS) is 10.7. The van der Waals surface area contributed by atoms with Crippen LogP contribution in [0.3, 0.4) is 0 Å². The maximum Gasteiger partial charge on any atom is 0.343 e. The van der Waals surface area contributed by atoms with Crippen molar-refractivity contribution in [3.63, 3.8) is 0 Å². The standard InChI is InChI=1S/C25H18BrN3O7/c1-34-20-8-6-16(7-9-20)25(31)36-23-21(26)11-15(12-22(23)35-2)10-17(14-27)24(30)28-18-4-3-5-19(13-18)29(32)33/h3-13H,1-2H3,(H,28,30)/b17-10+. The van der Waals surface area contributed by atoms with E-state index in [0.717, 1.165) is 0 Å². The highest BCUT2D eigenvalue weighted by molar-refractivity contribution is 9.10. The van der Waals surface area contributed by atoms with E-state index in [1.807, 2.05) is 0 Å². The van der Waals surface area contributed by atoms with Crippen LogP contribution in [-0.2, 0) is 4.79 Å². The first-order valence-electron chi connectivity index (χ1n) is 10.2. The number of benzene rings is 3. The Labute approximate surface area is 214 Å². The van der Waals surface area contributed by atoms with Gasteiger partial charge in [-0.15, -0.1) is 0 Å². The van der Waals surface area contributed by atoms with E-state index in [4.69, 9.17) is 14.2 Å². The molecule has 11 heteroatoms. The van der Waals surface area contributed by atoms with Gasteiger partial charge in [0.1, 0.15) is 17.4 Å². The summed E-state index contributed by atoms with van der Waals surface area (Å²) in [5, 5.41) is 22.9. The van der Waals surface area contributed by atoms with Gasteiger partial charge >= 0.3 is 5.97 Å². The molecule has 1 N–H and O–H groups in total. The molecule has 0 bridgehead atoms. The fourth-order valence-corrected chi connectivity index (χ4v) is 3.55. The van der Waals surface area contributed by atoms with Crippen molar-refractivity contribution in [1.82, 2.24) is 0 Å². The van der Waals surface area contributed by atoms with Crippen LogP contribution in [0.4, 0.5) is 11.4 Å². The number of halogens is 1. The van der Waals surface area contributed by atoms with Crippen LogP contribution in [0.1, 0.15) is 15.9 Å². The number of ether oxygens (including phenoxy) is 3. The second-order valence-corrected chi connectivity index (χ2v) is 7.94. The van der Waals surface area contributed by atoms with Crippen LogP contribution in [0, 0.1) is 21.4 Å². The Morgan fingerprint density at radius 2 is 1.81 bits per heavy atom. The molecule has 0 aliphatic rings. The van der Waals surface area contributed by atoms with Gasteiger partial charge in [-0.3, -0.25) is 14.9 Å². The summed E-state index contributed by atoms with van der Waals surface area (Å²) in [4.78, 5) is 35.5. The minimum Gasteiger partial charge on any atom is -0.497 e. The van der Waals surface area contributed by atoms with E-state index in [1.165, 1.54) is 56.7 Å². The number of nitro benzene ring substituents is 1. The summed E-state index contributed by atoms with van der Waals surface area (Å²) in [6.07, 6.45) is 1.30. The Kier molecular flexibility index (Phi) is 8.38. The number of nitrogens with one attached hydrogen (secondary N) is 1. The van der Waals surface area contributed by atoms with Crippen molar-refractivity contribution < 1.29 is 28.7 Å². The summed E-state index contributed by atoms with van der Waals surface area (Å²) < 4.78 is 16.3. The zero-order valence-electron chi connectivity index (χ0n) is 19.0. The summed E-state index contributed by atoms with van der Waals surface area (Å²) in [7, 11) is 2.89. The first-order chi connectivity index (χ1) is 17.2. The van der Waals surface area contributed by atoms with E-state index in [2.05, 4.69) is 21.2 Å². The predicted molar refractivity (Wildman–Crippen MR) is 134 cm³/mol. The average molecular weight is 552 g/mol. The van der Waals surface area contributed by atoms with Crippen LogP contribution in [0.25, 0.3) is 6.08 Å². The lowest BCUT2D eigenvalue weighted by molar-refractivity contribution is -0.384. The third kappa shape index (κ3) is 6.25. The van der Waals surface area contributed by atoms with Crippen molar-refractivity contribution in [2.75, 3.05) is 19.5 Å². The molecule has 0 aromatic heterocycles. The molecule has 10 nitrogen and oxygen atoms in total. The summed E-state index contributed by atoms with van der Waals surface area (Å²) in [5.74, 6) is -0.523.